The Bertz CT molecular complexity index is 661. The van der Waals surface area contributed by atoms with Crippen molar-refractivity contribution in [3.05, 3.63) is 54.1 Å². The molecule has 25 heavy (non-hydrogen) atoms. The lowest BCUT2D eigenvalue weighted by Crippen LogP contribution is -2.50. The van der Waals surface area contributed by atoms with Crippen molar-refractivity contribution in [1.29, 1.82) is 0 Å². The molecule has 1 N–H and O–H groups in total. The van der Waals surface area contributed by atoms with Gasteiger partial charge < -0.3 is 14.6 Å². The molecule has 1 saturated heterocycles. The summed E-state index contributed by atoms with van der Waals surface area (Å²) >= 11 is 0. The van der Waals surface area contributed by atoms with Gasteiger partial charge in [0, 0.05) is 57.2 Å². The topological polar surface area (TPSA) is 61.6 Å². The molecule has 6 nitrogen and oxygen atoms in total. The Morgan fingerprint density at radius 3 is 2.52 bits per heavy atom. The van der Waals surface area contributed by atoms with E-state index in [4.69, 9.17) is 0 Å². The first kappa shape index (κ1) is 17.6. The van der Waals surface area contributed by atoms with Crippen molar-refractivity contribution in [2.45, 2.75) is 26.0 Å². The summed E-state index contributed by atoms with van der Waals surface area (Å²) in [6.45, 7) is 6.51. The van der Waals surface area contributed by atoms with Gasteiger partial charge in [-0.2, -0.15) is 0 Å². The zero-order chi connectivity index (χ0) is 17.6. The smallest absolute Gasteiger partial charge is 0.253 e. The van der Waals surface area contributed by atoms with E-state index in [2.05, 4.69) is 9.88 Å². The van der Waals surface area contributed by atoms with Gasteiger partial charge in [0.05, 0.1) is 12.4 Å². The molecule has 3 rings (SSSR count). The molecular formula is C19H26N4O2. The van der Waals surface area contributed by atoms with Gasteiger partial charge in [0.15, 0.2) is 0 Å². The van der Waals surface area contributed by atoms with Crippen LogP contribution in [0.15, 0.2) is 43.0 Å². The Balaban J connectivity index is 1.53. The number of piperazine rings is 1. The zero-order valence-electron chi connectivity index (χ0n) is 14.7. The number of hydrogen-bond acceptors (Lipinski definition) is 4. The highest BCUT2D eigenvalue weighted by Gasteiger charge is 2.23. The van der Waals surface area contributed by atoms with E-state index < -0.39 is 0 Å². The van der Waals surface area contributed by atoms with E-state index >= 15 is 0 Å². The lowest BCUT2D eigenvalue weighted by Gasteiger charge is -2.35. The molecule has 0 radical (unpaired) electrons. The maximum atomic E-state index is 12.7. The minimum absolute atomic E-state index is 0.0878. The summed E-state index contributed by atoms with van der Waals surface area (Å²) in [5, 5.41) is 9.75. The number of amides is 1. The summed E-state index contributed by atoms with van der Waals surface area (Å²) in [6, 6.07) is 7.81. The number of carbonyl (C=O) groups excluding carboxylic acids is 1. The molecule has 1 amide bonds. The van der Waals surface area contributed by atoms with Gasteiger partial charge in [-0.1, -0.05) is 19.1 Å². The Morgan fingerprint density at radius 2 is 1.92 bits per heavy atom. The van der Waals surface area contributed by atoms with Crippen LogP contribution in [0.1, 0.15) is 29.3 Å². The maximum absolute atomic E-state index is 12.7. The molecule has 1 aliphatic heterocycles. The highest BCUT2D eigenvalue weighted by atomic mass is 16.3. The molecule has 134 valence electrons. The number of rotatable bonds is 6. The summed E-state index contributed by atoms with van der Waals surface area (Å²) in [5.41, 5.74) is 1.88. The fraction of sp³-hybridized carbons (Fsp3) is 0.474. The quantitative estimate of drug-likeness (QED) is 0.863. The van der Waals surface area contributed by atoms with E-state index in [9.17, 15) is 9.90 Å². The highest BCUT2D eigenvalue weighted by Crippen LogP contribution is 2.12. The van der Waals surface area contributed by atoms with E-state index in [0.717, 1.165) is 37.2 Å². The molecule has 1 aromatic heterocycles. The number of imidazole rings is 1. The van der Waals surface area contributed by atoms with E-state index in [1.165, 1.54) is 0 Å². The Hall–Kier alpha value is -2.18. The molecule has 2 aromatic rings. The third-order valence-corrected chi connectivity index (χ3v) is 4.72. The summed E-state index contributed by atoms with van der Waals surface area (Å²) in [6.07, 6.45) is 5.97. The van der Waals surface area contributed by atoms with Gasteiger partial charge in [-0.25, -0.2) is 4.98 Å². The van der Waals surface area contributed by atoms with E-state index in [-0.39, 0.29) is 12.0 Å². The van der Waals surface area contributed by atoms with Crippen LogP contribution in [0, 0.1) is 0 Å². The second kappa shape index (κ2) is 8.27. The Kier molecular flexibility index (Phi) is 5.83. The minimum atomic E-state index is -0.273. The monoisotopic (exact) mass is 342 g/mol. The first-order chi connectivity index (χ1) is 12.2. The van der Waals surface area contributed by atoms with Gasteiger partial charge in [0.2, 0.25) is 0 Å². The number of nitrogens with zero attached hydrogens (tertiary/aromatic N) is 4. The number of β-amino-alcohol motifs (C(OH)–C–C–N with tert-alkyl or cyclic N) is 1. The van der Waals surface area contributed by atoms with Gasteiger partial charge in [0.25, 0.3) is 5.91 Å². The predicted molar refractivity (Wildman–Crippen MR) is 96.4 cm³/mol. The molecule has 1 aromatic carbocycles. The van der Waals surface area contributed by atoms with Crippen molar-refractivity contribution >= 4 is 5.91 Å². The van der Waals surface area contributed by atoms with Crippen LogP contribution in [0.25, 0.3) is 0 Å². The molecule has 0 aliphatic carbocycles. The van der Waals surface area contributed by atoms with Crippen LogP contribution >= 0.6 is 0 Å². The molecule has 6 heteroatoms. The molecule has 0 spiro atoms. The molecule has 0 bridgehead atoms. The molecule has 1 fully saturated rings. The lowest BCUT2D eigenvalue weighted by molar-refractivity contribution is 0.0524. The van der Waals surface area contributed by atoms with Crippen molar-refractivity contribution in [3.63, 3.8) is 0 Å². The number of aromatic nitrogens is 2. The van der Waals surface area contributed by atoms with Gasteiger partial charge >= 0.3 is 0 Å². The summed E-state index contributed by atoms with van der Waals surface area (Å²) in [5.74, 6) is 0.0878. The molecule has 0 unspecified atom stereocenters. The summed E-state index contributed by atoms with van der Waals surface area (Å²) in [4.78, 5) is 20.8. The molecule has 0 saturated carbocycles. The van der Waals surface area contributed by atoms with Gasteiger partial charge in [-0.05, 0) is 24.1 Å². The Labute approximate surface area is 148 Å². The van der Waals surface area contributed by atoms with Crippen molar-refractivity contribution in [2.24, 2.45) is 0 Å². The van der Waals surface area contributed by atoms with Gasteiger partial charge in [0.1, 0.15) is 0 Å². The summed E-state index contributed by atoms with van der Waals surface area (Å²) in [7, 11) is 0. The highest BCUT2D eigenvalue weighted by molar-refractivity contribution is 5.94. The molecule has 1 atom stereocenters. The molecule has 1 aliphatic rings. The van der Waals surface area contributed by atoms with Crippen LogP contribution in [0.5, 0.6) is 0 Å². The average molecular weight is 342 g/mol. The van der Waals surface area contributed by atoms with E-state index in [0.29, 0.717) is 19.6 Å². The van der Waals surface area contributed by atoms with Gasteiger partial charge in [-0.3, -0.25) is 9.69 Å². The standard InChI is InChI=1S/C19H26N4O2/c1-2-18(24)14-21-9-11-23(12-10-21)19(25)17-5-3-16(4-6-17)13-22-8-7-20-15-22/h3-8,15,18,24H,2,9-14H2,1H3/t18-/m0/s1. The van der Waals surface area contributed by atoms with Crippen molar-refractivity contribution in [3.8, 4) is 0 Å². The fourth-order valence-electron chi connectivity index (χ4n) is 3.09. The van der Waals surface area contributed by atoms with Crippen molar-refractivity contribution in [1.82, 2.24) is 19.4 Å². The second-order valence-electron chi connectivity index (χ2n) is 6.59. The van der Waals surface area contributed by atoms with Crippen LogP contribution in [-0.2, 0) is 6.54 Å². The Morgan fingerprint density at radius 1 is 1.20 bits per heavy atom. The largest absolute Gasteiger partial charge is 0.392 e. The first-order valence-corrected chi connectivity index (χ1v) is 8.90. The fourth-order valence-corrected chi connectivity index (χ4v) is 3.09. The first-order valence-electron chi connectivity index (χ1n) is 8.90. The van der Waals surface area contributed by atoms with E-state index in [1.54, 1.807) is 12.5 Å². The zero-order valence-corrected chi connectivity index (χ0v) is 14.7. The molecule has 2 heterocycles. The second-order valence-corrected chi connectivity index (χ2v) is 6.59. The number of aliphatic hydroxyl groups is 1. The third kappa shape index (κ3) is 4.67. The number of benzene rings is 1. The van der Waals surface area contributed by atoms with Crippen LogP contribution < -0.4 is 0 Å². The van der Waals surface area contributed by atoms with Crippen LogP contribution in [0.4, 0.5) is 0 Å². The number of carbonyl (C=O) groups is 1. The molecular weight excluding hydrogens is 316 g/mol. The summed E-state index contributed by atoms with van der Waals surface area (Å²) < 4.78 is 2.00. The van der Waals surface area contributed by atoms with Crippen LogP contribution in [0.2, 0.25) is 0 Å². The lowest BCUT2D eigenvalue weighted by atomic mass is 10.1. The normalized spacial score (nSPS) is 16.8. The SMILES string of the molecule is CC[C@H](O)CN1CCN(C(=O)c2ccc(Cn3ccnc3)cc2)CC1. The van der Waals surface area contributed by atoms with Crippen LogP contribution in [-0.4, -0.2) is 69.2 Å². The average Bonchev–Trinajstić information content (AvgIpc) is 3.15. The number of hydrogen-bond donors (Lipinski definition) is 1. The van der Waals surface area contributed by atoms with E-state index in [1.807, 2.05) is 46.9 Å². The minimum Gasteiger partial charge on any atom is -0.392 e. The van der Waals surface area contributed by atoms with Gasteiger partial charge in [-0.15, -0.1) is 0 Å². The third-order valence-electron chi connectivity index (χ3n) is 4.72. The van der Waals surface area contributed by atoms with Crippen molar-refractivity contribution < 1.29 is 9.90 Å². The predicted octanol–water partition coefficient (Wildman–Crippen LogP) is 1.46. The maximum Gasteiger partial charge on any atom is 0.253 e. The van der Waals surface area contributed by atoms with Crippen LogP contribution in [0.3, 0.4) is 0 Å². The number of aliphatic hydroxyl groups excluding tert-OH is 1. The van der Waals surface area contributed by atoms with Crippen molar-refractivity contribution in [2.75, 3.05) is 32.7 Å².